The van der Waals surface area contributed by atoms with E-state index in [2.05, 4.69) is 10.3 Å². The third-order valence-corrected chi connectivity index (χ3v) is 2.33. The number of rotatable bonds is 4. The average molecular weight is 216 g/mol. The third kappa shape index (κ3) is 3.58. The van der Waals surface area contributed by atoms with Crippen molar-refractivity contribution >= 4 is 21.4 Å². The molecule has 1 aromatic rings. The largest absolute Gasteiger partial charge is 0.397 e. The minimum absolute atomic E-state index is 0.138. The molecule has 6 nitrogen and oxygen atoms in total. The molecule has 0 radical (unpaired) electrons. The predicted molar refractivity (Wildman–Crippen MR) is 55.1 cm³/mol. The van der Waals surface area contributed by atoms with Crippen molar-refractivity contribution in [2.45, 2.75) is 0 Å². The summed E-state index contributed by atoms with van der Waals surface area (Å²) in [6, 6.07) is 1.62. The molecule has 1 rings (SSSR count). The first-order chi connectivity index (χ1) is 6.49. The van der Waals surface area contributed by atoms with Gasteiger partial charge < -0.3 is 11.1 Å². The summed E-state index contributed by atoms with van der Waals surface area (Å²) in [6.45, 7) is 0.217. The number of hydrogen-bond acceptors (Lipinski definition) is 5. The smallest absolute Gasteiger partial charge is 0.210 e. The quantitative estimate of drug-likeness (QED) is 0.620. The highest BCUT2D eigenvalue weighted by Crippen LogP contribution is 2.14. The van der Waals surface area contributed by atoms with Crippen LogP contribution in [-0.2, 0) is 10.0 Å². The van der Waals surface area contributed by atoms with E-state index < -0.39 is 10.0 Å². The van der Waals surface area contributed by atoms with Gasteiger partial charge in [0, 0.05) is 12.7 Å². The summed E-state index contributed by atoms with van der Waals surface area (Å²) in [5.41, 5.74) is 6.72. The number of sulfonamides is 1. The van der Waals surface area contributed by atoms with Crippen molar-refractivity contribution in [3.63, 3.8) is 0 Å². The molecule has 0 saturated carbocycles. The van der Waals surface area contributed by atoms with Crippen molar-refractivity contribution in [2.75, 3.05) is 23.3 Å². The molecule has 5 N–H and O–H groups in total. The Bertz CT molecular complexity index is 404. The summed E-state index contributed by atoms with van der Waals surface area (Å²) in [7, 11) is -3.43. The van der Waals surface area contributed by atoms with E-state index in [1.165, 1.54) is 6.20 Å². The van der Waals surface area contributed by atoms with Crippen LogP contribution >= 0.6 is 0 Å². The Kier molecular flexibility index (Phi) is 3.26. The summed E-state index contributed by atoms with van der Waals surface area (Å²) in [6.07, 6.45) is 3.08. The van der Waals surface area contributed by atoms with E-state index in [4.69, 9.17) is 10.9 Å². The molecule has 0 aliphatic carbocycles. The number of hydrogen-bond donors (Lipinski definition) is 3. The first-order valence-electron chi connectivity index (χ1n) is 3.93. The molecule has 7 heteroatoms. The maximum Gasteiger partial charge on any atom is 0.210 e. The molecule has 78 valence electrons. The molecule has 14 heavy (non-hydrogen) atoms. The van der Waals surface area contributed by atoms with Crippen LogP contribution in [0.1, 0.15) is 0 Å². The molecule has 1 heterocycles. The summed E-state index contributed by atoms with van der Waals surface area (Å²) in [4.78, 5) is 3.84. The first kappa shape index (κ1) is 10.7. The van der Waals surface area contributed by atoms with Crippen LogP contribution in [0.4, 0.5) is 11.4 Å². The van der Waals surface area contributed by atoms with Crippen molar-refractivity contribution < 1.29 is 8.42 Å². The van der Waals surface area contributed by atoms with Gasteiger partial charge in [0.1, 0.15) is 0 Å². The monoisotopic (exact) mass is 216 g/mol. The lowest BCUT2D eigenvalue weighted by Gasteiger charge is -2.06. The van der Waals surface area contributed by atoms with Gasteiger partial charge in [-0.25, -0.2) is 13.6 Å². The summed E-state index contributed by atoms with van der Waals surface area (Å²) < 4.78 is 21.2. The van der Waals surface area contributed by atoms with E-state index in [1.54, 1.807) is 12.3 Å². The maximum absolute atomic E-state index is 10.6. The number of anilines is 2. The zero-order chi connectivity index (χ0) is 10.6. The topological polar surface area (TPSA) is 111 Å². The Hall–Kier alpha value is -1.34. The molecule has 0 aliphatic rings. The number of nitrogens with two attached hydrogens (primary N) is 2. The summed E-state index contributed by atoms with van der Waals surface area (Å²) in [5, 5.41) is 7.65. The highest BCUT2D eigenvalue weighted by Gasteiger charge is 2.02. The Morgan fingerprint density at radius 3 is 2.79 bits per heavy atom. The lowest BCUT2D eigenvalue weighted by molar-refractivity contribution is 0.598. The van der Waals surface area contributed by atoms with E-state index in [1.807, 2.05) is 0 Å². The van der Waals surface area contributed by atoms with Crippen molar-refractivity contribution in [3.05, 3.63) is 18.5 Å². The van der Waals surface area contributed by atoms with Crippen LogP contribution in [0.2, 0.25) is 0 Å². The Morgan fingerprint density at radius 2 is 2.21 bits per heavy atom. The van der Waals surface area contributed by atoms with Crippen molar-refractivity contribution in [3.8, 4) is 0 Å². The van der Waals surface area contributed by atoms with Crippen LogP contribution in [-0.4, -0.2) is 25.7 Å². The van der Waals surface area contributed by atoms with Crippen LogP contribution in [0.15, 0.2) is 18.5 Å². The standard InChI is InChI=1S/C7H12N4O2S/c8-6-1-2-10-5-7(6)11-3-4-14(9,12)13/h1-2,5,11H,3-4H2,(H2,8,10)(H2,9,12,13). The molecule has 0 bridgehead atoms. The molecule has 0 spiro atoms. The van der Waals surface area contributed by atoms with Crippen LogP contribution in [0.25, 0.3) is 0 Å². The molecule has 0 atom stereocenters. The van der Waals surface area contributed by atoms with Gasteiger partial charge in [-0.15, -0.1) is 0 Å². The van der Waals surface area contributed by atoms with Crippen molar-refractivity contribution in [1.29, 1.82) is 0 Å². The molecule has 0 fully saturated rings. The first-order valence-corrected chi connectivity index (χ1v) is 5.64. The van der Waals surface area contributed by atoms with E-state index in [0.29, 0.717) is 11.4 Å². The SMILES string of the molecule is Nc1ccncc1NCCS(N)(=O)=O. The highest BCUT2D eigenvalue weighted by molar-refractivity contribution is 7.89. The second-order valence-corrected chi connectivity index (χ2v) is 4.49. The third-order valence-electron chi connectivity index (χ3n) is 1.56. The molecule has 0 aromatic carbocycles. The van der Waals surface area contributed by atoms with Gasteiger partial charge >= 0.3 is 0 Å². The minimum Gasteiger partial charge on any atom is -0.397 e. The van der Waals surface area contributed by atoms with Gasteiger partial charge in [-0.3, -0.25) is 4.98 Å². The molecule has 1 aromatic heterocycles. The van der Waals surface area contributed by atoms with Gasteiger partial charge in [0.2, 0.25) is 10.0 Å². The number of nitrogens with one attached hydrogen (secondary N) is 1. The van der Waals surface area contributed by atoms with Gasteiger partial charge in [0.05, 0.1) is 23.3 Å². The molecule has 0 amide bonds. The Labute approximate surface area is 82.4 Å². The predicted octanol–water partition coefficient (Wildman–Crippen LogP) is -0.636. The van der Waals surface area contributed by atoms with Gasteiger partial charge in [0.25, 0.3) is 0 Å². The molecule has 0 unspecified atom stereocenters. The second kappa shape index (κ2) is 4.25. The van der Waals surface area contributed by atoms with Crippen LogP contribution < -0.4 is 16.2 Å². The normalized spacial score (nSPS) is 11.2. The lowest BCUT2D eigenvalue weighted by Crippen LogP contribution is -2.22. The maximum atomic E-state index is 10.6. The second-order valence-electron chi connectivity index (χ2n) is 2.76. The molecular weight excluding hydrogens is 204 g/mol. The van der Waals surface area contributed by atoms with E-state index in [9.17, 15) is 8.42 Å². The lowest BCUT2D eigenvalue weighted by atomic mass is 10.3. The number of nitrogen functional groups attached to an aromatic ring is 1. The highest BCUT2D eigenvalue weighted by atomic mass is 32.2. The zero-order valence-electron chi connectivity index (χ0n) is 7.47. The number of pyridine rings is 1. The molecule has 0 aliphatic heterocycles. The van der Waals surface area contributed by atoms with Crippen molar-refractivity contribution in [2.24, 2.45) is 5.14 Å². The average Bonchev–Trinajstić information content (AvgIpc) is 2.06. The fraction of sp³-hybridized carbons (Fsp3) is 0.286. The number of aromatic nitrogens is 1. The summed E-state index contributed by atoms with van der Waals surface area (Å²) >= 11 is 0. The fourth-order valence-electron chi connectivity index (χ4n) is 0.881. The summed E-state index contributed by atoms with van der Waals surface area (Å²) in [5.74, 6) is -0.138. The number of primary sulfonamides is 1. The van der Waals surface area contributed by atoms with E-state index >= 15 is 0 Å². The Morgan fingerprint density at radius 1 is 1.50 bits per heavy atom. The molecule has 0 saturated heterocycles. The zero-order valence-corrected chi connectivity index (χ0v) is 8.29. The van der Waals surface area contributed by atoms with Crippen molar-refractivity contribution in [1.82, 2.24) is 4.98 Å². The fourth-order valence-corrected chi connectivity index (χ4v) is 1.27. The molecular formula is C7H12N4O2S. The minimum atomic E-state index is -3.43. The Balaban J connectivity index is 2.51. The van der Waals surface area contributed by atoms with E-state index in [-0.39, 0.29) is 12.3 Å². The van der Waals surface area contributed by atoms with Gasteiger partial charge in [0.15, 0.2) is 0 Å². The van der Waals surface area contributed by atoms with Gasteiger partial charge in [-0.05, 0) is 6.07 Å². The van der Waals surface area contributed by atoms with E-state index in [0.717, 1.165) is 0 Å². The van der Waals surface area contributed by atoms with Gasteiger partial charge in [-0.1, -0.05) is 0 Å². The van der Waals surface area contributed by atoms with Crippen LogP contribution in [0, 0.1) is 0 Å². The van der Waals surface area contributed by atoms with Crippen LogP contribution in [0.3, 0.4) is 0 Å². The van der Waals surface area contributed by atoms with Gasteiger partial charge in [-0.2, -0.15) is 0 Å². The number of nitrogens with zero attached hydrogens (tertiary/aromatic N) is 1. The van der Waals surface area contributed by atoms with Crippen LogP contribution in [0.5, 0.6) is 0 Å².